The molecule has 0 spiro atoms. The smallest absolute Gasteiger partial charge is 0.243 e. The van der Waals surface area contributed by atoms with Crippen molar-refractivity contribution < 1.29 is 17.9 Å². The van der Waals surface area contributed by atoms with Gasteiger partial charge < -0.3 is 14.8 Å². The fourth-order valence-corrected chi connectivity index (χ4v) is 5.20. The van der Waals surface area contributed by atoms with Crippen LogP contribution in [0.3, 0.4) is 0 Å². The number of aryl methyl sites for hydroxylation is 2. The van der Waals surface area contributed by atoms with E-state index in [0.29, 0.717) is 34.4 Å². The van der Waals surface area contributed by atoms with E-state index in [1.54, 1.807) is 61.5 Å². The van der Waals surface area contributed by atoms with Crippen LogP contribution in [0.2, 0.25) is 0 Å². The molecule has 38 heavy (non-hydrogen) atoms. The van der Waals surface area contributed by atoms with Gasteiger partial charge >= 0.3 is 0 Å². The minimum absolute atomic E-state index is 0.0455. The van der Waals surface area contributed by atoms with Crippen LogP contribution < -0.4 is 19.5 Å². The Morgan fingerprint density at radius 3 is 2.18 bits per heavy atom. The Hall–Kier alpha value is -4.10. The van der Waals surface area contributed by atoms with E-state index in [1.807, 2.05) is 19.9 Å². The fraction of sp³-hybridized carbons (Fsp3) is 0.320. The van der Waals surface area contributed by atoms with Crippen molar-refractivity contribution in [2.45, 2.75) is 32.1 Å². The van der Waals surface area contributed by atoms with Gasteiger partial charge in [-0.1, -0.05) is 6.07 Å². The highest BCUT2D eigenvalue weighted by Gasteiger charge is 2.34. The zero-order valence-electron chi connectivity index (χ0n) is 22.0. The second-order valence-corrected chi connectivity index (χ2v) is 10.7. The topological polar surface area (TPSA) is 146 Å². The Morgan fingerprint density at radius 2 is 1.61 bits per heavy atom. The lowest BCUT2D eigenvalue weighted by atomic mass is 10.2. The van der Waals surface area contributed by atoms with Crippen LogP contribution in [0.1, 0.15) is 29.9 Å². The van der Waals surface area contributed by atoms with Gasteiger partial charge in [0, 0.05) is 30.4 Å². The molecule has 0 unspecified atom stereocenters. The standard InChI is InChI=1S/C25H30N8O4S/c1-15-10-18(14-27-11-15)24-30-31-25(33(24)22-19(36-5)8-7-9-20(22)37-6)32-38(34,35)17(3)21(26-4)23-28-12-16(2)13-29-23/h7-14,17,21,26H,1-6H3,(H,31,32)/t17-,21+/m0/s1. The molecule has 4 aromatic rings. The third kappa shape index (κ3) is 5.29. The number of para-hydroxylation sites is 1. The summed E-state index contributed by atoms with van der Waals surface area (Å²) in [6, 6.07) is 6.43. The fourth-order valence-electron chi connectivity index (χ4n) is 4.01. The molecule has 0 bridgehead atoms. The number of aromatic nitrogens is 6. The normalized spacial score (nSPS) is 13.1. The summed E-state index contributed by atoms with van der Waals surface area (Å²) in [6.45, 7) is 5.33. The first kappa shape index (κ1) is 26.9. The molecule has 0 saturated carbocycles. The van der Waals surface area contributed by atoms with Gasteiger partial charge in [0.05, 0.1) is 20.3 Å². The van der Waals surface area contributed by atoms with Gasteiger partial charge in [-0.3, -0.25) is 14.3 Å². The summed E-state index contributed by atoms with van der Waals surface area (Å²) in [6.07, 6.45) is 6.63. The molecule has 1 aromatic carbocycles. The van der Waals surface area contributed by atoms with Crippen molar-refractivity contribution in [1.29, 1.82) is 0 Å². The minimum atomic E-state index is -4.04. The van der Waals surface area contributed by atoms with Gasteiger partial charge in [-0.25, -0.2) is 18.4 Å². The maximum absolute atomic E-state index is 13.7. The van der Waals surface area contributed by atoms with E-state index in [4.69, 9.17) is 9.47 Å². The lowest BCUT2D eigenvalue weighted by molar-refractivity contribution is 0.391. The van der Waals surface area contributed by atoms with Crippen molar-refractivity contribution in [2.24, 2.45) is 0 Å². The van der Waals surface area contributed by atoms with Crippen molar-refractivity contribution in [1.82, 2.24) is 35.0 Å². The van der Waals surface area contributed by atoms with Crippen LogP contribution in [0, 0.1) is 13.8 Å². The number of rotatable bonds is 10. The molecular weight excluding hydrogens is 508 g/mol. The quantitative estimate of drug-likeness (QED) is 0.309. The predicted octanol–water partition coefficient (Wildman–Crippen LogP) is 2.84. The summed E-state index contributed by atoms with van der Waals surface area (Å²) in [5.74, 6) is 1.52. The highest BCUT2D eigenvalue weighted by atomic mass is 32.2. The third-order valence-electron chi connectivity index (χ3n) is 6.00. The molecule has 0 aliphatic carbocycles. The lowest BCUT2D eigenvalue weighted by Crippen LogP contribution is -2.38. The Balaban J connectivity index is 1.84. The van der Waals surface area contributed by atoms with E-state index in [1.165, 1.54) is 14.2 Å². The number of ether oxygens (including phenoxy) is 2. The maximum Gasteiger partial charge on any atom is 0.243 e. The van der Waals surface area contributed by atoms with Gasteiger partial charge in [0.15, 0.2) is 5.82 Å². The van der Waals surface area contributed by atoms with Crippen LogP contribution in [0.25, 0.3) is 17.1 Å². The zero-order chi connectivity index (χ0) is 27.4. The van der Waals surface area contributed by atoms with Crippen LogP contribution >= 0.6 is 0 Å². The Labute approximate surface area is 221 Å². The number of hydrogen-bond acceptors (Lipinski definition) is 10. The summed E-state index contributed by atoms with van der Waals surface area (Å²) >= 11 is 0. The van der Waals surface area contributed by atoms with E-state index in [-0.39, 0.29) is 5.95 Å². The van der Waals surface area contributed by atoms with E-state index >= 15 is 0 Å². The molecule has 0 amide bonds. The molecule has 0 radical (unpaired) electrons. The first-order valence-electron chi connectivity index (χ1n) is 11.8. The van der Waals surface area contributed by atoms with Gasteiger partial charge in [-0.15, -0.1) is 10.2 Å². The van der Waals surface area contributed by atoms with Gasteiger partial charge in [0.1, 0.15) is 28.3 Å². The number of benzene rings is 1. The molecule has 2 N–H and O–H groups in total. The number of nitrogens with zero attached hydrogens (tertiary/aromatic N) is 6. The highest BCUT2D eigenvalue weighted by molar-refractivity contribution is 7.93. The first-order valence-corrected chi connectivity index (χ1v) is 13.3. The van der Waals surface area contributed by atoms with Crippen molar-refractivity contribution in [3.8, 4) is 28.6 Å². The summed E-state index contributed by atoms with van der Waals surface area (Å²) in [7, 11) is 0.646. The highest BCUT2D eigenvalue weighted by Crippen LogP contribution is 2.38. The largest absolute Gasteiger partial charge is 0.494 e. The molecule has 4 rings (SSSR count). The number of pyridine rings is 1. The molecule has 0 saturated heterocycles. The summed E-state index contributed by atoms with van der Waals surface area (Å²) < 4.78 is 42.7. The number of methoxy groups -OCH3 is 2. The van der Waals surface area contributed by atoms with E-state index in [0.717, 1.165) is 11.1 Å². The average molecular weight is 539 g/mol. The monoisotopic (exact) mass is 538 g/mol. The average Bonchev–Trinajstić information content (AvgIpc) is 3.31. The molecule has 3 heterocycles. The molecule has 0 fully saturated rings. The van der Waals surface area contributed by atoms with E-state index < -0.39 is 21.3 Å². The number of sulfonamides is 1. The Bertz CT molecular complexity index is 1500. The van der Waals surface area contributed by atoms with Crippen molar-refractivity contribution >= 4 is 16.0 Å². The molecular formula is C25H30N8O4S. The molecule has 3 aromatic heterocycles. The Morgan fingerprint density at radius 1 is 0.947 bits per heavy atom. The van der Waals surface area contributed by atoms with Gasteiger partial charge in [-0.2, -0.15) is 0 Å². The van der Waals surface area contributed by atoms with Crippen LogP contribution in [0.5, 0.6) is 11.5 Å². The lowest BCUT2D eigenvalue weighted by Gasteiger charge is -2.23. The van der Waals surface area contributed by atoms with Crippen LogP contribution in [-0.2, 0) is 10.0 Å². The minimum Gasteiger partial charge on any atom is -0.494 e. The van der Waals surface area contributed by atoms with E-state index in [2.05, 4.69) is 35.2 Å². The predicted molar refractivity (Wildman–Crippen MR) is 143 cm³/mol. The second-order valence-electron chi connectivity index (χ2n) is 8.68. The summed E-state index contributed by atoms with van der Waals surface area (Å²) in [5, 5.41) is 10.6. The number of nitrogens with one attached hydrogen (secondary N) is 2. The van der Waals surface area contributed by atoms with Gasteiger partial charge in [0.2, 0.25) is 16.0 Å². The van der Waals surface area contributed by atoms with Gasteiger partial charge in [0.25, 0.3) is 0 Å². The molecule has 0 aliphatic rings. The van der Waals surface area contributed by atoms with Crippen molar-refractivity contribution in [3.05, 3.63) is 66.0 Å². The maximum atomic E-state index is 13.7. The SMILES string of the molecule is CN[C@@H](c1ncc(C)cn1)[C@H](C)S(=O)(=O)Nc1nnc(-c2cncc(C)c2)n1-c1c(OC)cccc1OC. The zero-order valence-corrected chi connectivity index (χ0v) is 22.8. The molecule has 2 atom stereocenters. The molecule has 0 aliphatic heterocycles. The van der Waals surface area contributed by atoms with Gasteiger partial charge in [-0.05, 0) is 57.1 Å². The summed E-state index contributed by atoms with van der Waals surface area (Å²) in [4.78, 5) is 12.9. The first-order chi connectivity index (χ1) is 18.2. The molecule has 200 valence electrons. The number of anilines is 1. The molecule has 13 heteroatoms. The molecule has 12 nitrogen and oxygen atoms in total. The Kier molecular flexibility index (Phi) is 7.88. The van der Waals surface area contributed by atoms with Crippen LogP contribution in [0.4, 0.5) is 5.95 Å². The van der Waals surface area contributed by atoms with Crippen molar-refractivity contribution in [2.75, 3.05) is 26.0 Å². The third-order valence-corrected chi connectivity index (χ3v) is 7.72. The van der Waals surface area contributed by atoms with Crippen molar-refractivity contribution in [3.63, 3.8) is 0 Å². The van der Waals surface area contributed by atoms with Crippen LogP contribution in [-0.4, -0.2) is 64.7 Å². The van der Waals surface area contributed by atoms with E-state index in [9.17, 15) is 8.42 Å². The summed E-state index contributed by atoms with van der Waals surface area (Å²) in [5.41, 5.74) is 2.82. The number of hydrogen-bond donors (Lipinski definition) is 2. The second kappa shape index (κ2) is 11.1. The van der Waals surface area contributed by atoms with Crippen LogP contribution in [0.15, 0.2) is 49.1 Å².